The van der Waals surface area contributed by atoms with E-state index >= 15 is 0 Å². The highest BCUT2D eigenvalue weighted by Gasteiger charge is 2.57. The fourth-order valence-corrected chi connectivity index (χ4v) is 2.46. The summed E-state index contributed by atoms with van der Waals surface area (Å²) in [7, 11) is 0. The summed E-state index contributed by atoms with van der Waals surface area (Å²) in [5, 5.41) is 0. The van der Waals surface area contributed by atoms with Gasteiger partial charge in [0.2, 0.25) is 0 Å². The molecule has 0 bridgehead atoms. The number of amides is 2. The Hall–Kier alpha value is -1.72. The van der Waals surface area contributed by atoms with E-state index in [-0.39, 0.29) is 18.4 Å². The van der Waals surface area contributed by atoms with E-state index < -0.39 is 18.0 Å². The summed E-state index contributed by atoms with van der Waals surface area (Å²) in [5.41, 5.74) is 0.906. The number of ether oxygens (including phenoxy) is 2. The number of nitrogens with zero attached hydrogens (tertiary/aromatic N) is 1. The lowest BCUT2D eigenvalue weighted by atomic mass is 10.2. The molecule has 2 heterocycles. The van der Waals surface area contributed by atoms with E-state index in [1.54, 1.807) is 13.8 Å². The number of rotatable bonds is 2. The van der Waals surface area contributed by atoms with Crippen molar-refractivity contribution in [3.8, 4) is 0 Å². The second-order valence-electron chi connectivity index (χ2n) is 5.22. The molecule has 2 saturated heterocycles. The summed E-state index contributed by atoms with van der Waals surface area (Å²) in [6.07, 6.45) is -1.60. The zero-order valence-electron chi connectivity index (χ0n) is 10.8. The molecule has 19 heavy (non-hydrogen) atoms. The molecule has 2 amide bonds. The highest BCUT2D eigenvalue weighted by atomic mass is 16.8. The van der Waals surface area contributed by atoms with Gasteiger partial charge in [-0.25, -0.2) is 0 Å². The second-order valence-corrected chi connectivity index (χ2v) is 5.22. The molecule has 0 radical (unpaired) electrons. The van der Waals surface area contributed by atoms with Crippen LogP contribution in [-0.4, -0.2) is 34.7 Å². The lowest BCUT2D eigenvalue weighted by Gasteiger charge is -2.21. The predicted molar refractivity (Wildman–Crippen MR) is 65.8 cm³/mol. The van der Waals surface area contributed by atoms with Crippen molar-refractivity contribution >= 4 is 11.8 Å². The van der Waals surface area contributed by atoms with Gasteiger partial charge < -0.3 is 9.47 Å². The molecule has 0 spiro atoms. The first-order chi connectivity index (χ1) is 8.98. The van der Waals surface area contributed by atoms with Crippen molar-refractivity contribution in [3.63, 3.8) is 0 Å². The molecule has 0 N–H and O–H groups in total. The van der Waals surface area contributed by atoms with Crippen LogP contribution in [0.4, 0.5) is 0 Å². The summed E-state index contributed by atoms with van der Waals surface area (Å²) >= 11 is 0. The first-order valence-corrected chi connectivity index (χ1v) is 6.23. The van der Waals surface area contributed by atoms with Crippen LogP contribution < -0.4 is 0 Å². The van der Waals surface area contributed by atoms with Crippen LogP contribution in [-0.2, 0) is 25.6 Å². The van der Waals surface area contributed by atoms with Gasteiger partial charge in [-0.15, -0.1) is 0 Å². The van der Waals surface area contributed by atoms with Crippen molar-refractivity contribution in [1.82, 2.24) is 4.90 Å². The van der Waals surface area contributed by atoms with Gasteiger partial charge in [-0.2, -0.15) is 0 Å². The van der Waals surface area contributed by atoms with Gasteiger partial charge >= 0.3 is 0 Å². The van der Waals surface area contributed by atoms with Gasteiger partial charge in [0.05, 0.1) is 6.54 Å². The Kier molecular flexibility index (Phi) is 2.69. The minimum Gasteiger partial charge on any atom is -0.334 e. The van der Waals surface area contributed by atoms with Gasteiger partial charge in [0.15, 0.2) is 18.0 Å². The third-order valence-corrected chi connectivity index (χ3v) is 3.30. The topological polar surface area (TPSA) is 55.8 Å². The van der Waals surface area contributed by atoms with Gasteiger partial charge in [0, 0.05) is 0 Å². The van der Waals surface area contributed by atoms with Crippen LogP contribution in [0.25, 0.3) is 0 Å². The van der Waals surface area contributed by atoms with Gasteiger partial charge in [0.25, 0.3) is 11.8 Å². The number of likely N-dealkylation sites (tertiary alicyclic amines) is 1. The number of imide groups is 1. The lowest BCUT2D eigenvalue weighted by molar-refractivity contribution is -0.175. The van der Waals surface area contributed by atoms with Crippen molar-refractivity contribution in [2.75, 3.05) is 0 Å². The molecular formula is C14H15NO4. The minimum atomic E-state index is -0.876. The molecular weight excluding hydrogens is 246 g/mol. The monoisotopic (exact) mass is 261 g/mol. The third kappa shape index (κ3) is 2.05. The molecule has 1 aromatic carbocycles. The molecule has 0 aromatic heterocycles. The molecule has 0 aliphatic carbocycles. The Morgan fingerprint density at radius 3 is 2.11 bits per heavy atom. The molecule has 2 aliphatic rings. The number of carbonyl (C=O) groups excluding carboxylic acids is 2. The van der Waals surface area contributed by atoms with Crippen molar-refractivity contribution in [3.05, 3.63) is 35.9 Å². The maximum absolute atomic E-state index is 12.2. The Bertz CT molecular complexity index is 500. The average Bonchev–Trinajstić information content (AvgIpc) is 2.80. The van der Waals surface area contributed by atoms with E-state index in [9.17, 15) is 9.59 Å². The molecule has 2 aliphatic heterocycles. The third-order valence-electron chi connectivity index (χ3n) is 3.30. The van der Waals surface area contributed by atoms with Crippen molar-refractivity contribution < 1.29 is 19.1 Å². The molecule has 3 rings (SSSR count). The Balaban J connectivity index is 1.80. The van der Waals surface area contributed by atoms with E-state index in [0.29, 0.717) is 0 Å². The maximum Gasteiger partial charge on any atom is 0.262 e. The Morgan fingerprint density at radius 2 is 1.58 bits per heavy atom. The average molecular weight is 261 g/mol. The molecule has 5 heteroatoms. The first-order valence-electron chi connectivity index (χ1n) is 6.23. The number of hydrogen-bond acceptors (Lipinski definition) is 4. The number of benzene rings is 1. The van der Waals surface area contributed by atoms with Crippen molar-refractivity contribution in [2.24, 2.45) is 0 Å². The van der Waals surface area contributed by atoms with E-state index in [4.69, 9.17) is 9.47 Å². The highest BCUT2D eigenvalue weighted by molar-refractivity contribution is 6.08. The minimum absolute atomic E-state index is 0.263. The molecule has 2 fully saturated rings. The Labute approximate surface area is 111 Å². The van der Waals surface area contributed by atoms with Crippen LogP contribution in [0.15, 0.2) is 30.3 Å². The summed E-state index contributed by atoms with van der Waals surface area (Å²) < 4.78 is 11.0. The van der Waals surface area contributed by atoms with Gasteiger partial charge in [0.1, 0.15) is 0 Å². The summed E-state index contributed by atoms with van der Waals surface area (Å²) in [6, 6.07) is 9.38. The van der Waals surface area contributed by atoms with Crippen LogP contribution in [0.2, 0.25) is 0 Å². The van der Waals surface area contributed by atoms with E-state index in [2.05, 4.69) is 0 Å². The molecule has 0 saturated carbocycles. The normalized spacial score (nSPS) is 28.8. The van der Waals surface area contributed by atoms with Gasteiger partial charge in [-0.05, 0) is 19.4 Å². The zero-order chi connectivity index (χ0) is 13.6. The number of fused-ring (bicyclic) bond motifs is 1. The number of carbonyl (C=O) groups is 2. The van der Waals surface area contributed by atoms with Crippen LogP contribution in [0.3, 0.4) is 0 Å². The van der Waals surface area contributed by atoms with E-state index in [0.717, 1.165) is 5.56 Å². The fraction of sp³-hybridized carbons (Fsp3) is 0.429. The molecule has 2 atom stereocenters. The maximum atomic E-state index is 12.2. The van der Waals surface area contributed by atoms with Crippen molar-refractivity contribution in [2.45, 2.75) is 38.4 Å². The first kappa shape index (κ1) is 12.3. The SMILES string of the molecule is CC1(C)OC2C(=O)N(Cc3ccccc3)C(=O)C2O1. The largest absolute Gasteiger partial charge is 0.334 e. The van der Waals surface area contributed by atoms with E-state index in [1.165, 1.54) is 4.90 Å². The van der Waals surface area contributed by atoms with E-state index in [1.807, 2.05) is 30.3 Å². The molecule has 1 aromatic rings. The zero-order valence-corrected chi connectivity index (χ0v) is 10.8. The number of hydrogen-bond donors (Lipinski definition) is 0. The Morgan fingerprint density at radius 1 is 1.05 bits per heavy atom. The second kappa shape index (κ2) is 4.15. The molecule has 100 valence electrons. The lowest BCUT2D eigenvalue weighted by Crippen LogP contribution is -2.36. The quantitative estimate of drug-likeness (QED) is 0.747. The smallest absolute Gasteiger partial charge is 0.262 e. The highest BCUT2D eigenvalue weighted by Crippen LogP contribution is 2.35. The van der Waals surface area contributed by atoms with Gasteiger partial charge in [-0.3, -0.25) is 14.5 Å². The summed E-state index contributed by atoms with van der Waals surface area (Å²) in [5.74, 6) is -1.51. The van der Waals surface area contributed by atoms with Crippen LogP contribution in [0.1, 0.15) is 19.4 Å². The molecule has 5 nitrogen and oxygen atoms in total. The predicted octanol–water partition coefficient (Wildman–Crippen LogP) is 1.08. The van der Waals surface area contributed by atoms with Crippen molar-refractivity contribution in [1.29, 1.82) is 0 Å². The van der Waals surface area contributed by atoms with Crippen LogP contribution in [0.5, 0.6) is 0 Å². The van der Waals surface area contributed by atoms with Crippen LogP contribution in [0, 0.1) is 0 Å². The summed E-state index contributed by atoms with van der Waals surface area (Å²) in [6.45, 7) is 3.67. The summed E-state index contributed by atoms with van der Waals surface area (Å²) in [4.78, 5) is 25.6. The fourth-order valence-electron chi connectivity index (χ4n) is 2.46. The standard InChI is InChI=1S/C14H15NO4/c1-14(2)18-10-11(19-14)13(17)15(12(10)16)8-9-6-4-3-5-7-9/h3-7,10-11H,8H2,1-2H3. The van der Waals surface area contributed by atoms with Gasteiger partial charge in [-0.1, -0.05) is 30.3 Å². The van der Waals surface area contributed by atoms with Crippen LogP contribution >= 0.6 is 0 Å². The molecule has 2 unspecified atom stereocenters.